The summed E-state index contributed by atoms with van der Waals surface area (Å²) in [5.74, 6) is 3.37. The minimum absolute atomic E-state index is 0.460. The largest absolute Gasteiger partial charge is 0.299 e. The van der Waals surface area contributed by atoms with Crippen LogP contribution in [0.4, 0.5) is 0 Å². The van der Waals surface area contributed by atoms with E-state index in [4.69, 9.17) is 0 Å². The van der Waals surface area contributed by atoms with Gasteiger partial charge in [0.15, 0.2) is 0 Å². The predicted molar refractivity (Wildman–Crippen MR) is 55.2 cm³/mol. The topological polar surface area (TPSA) is 17.1 Å². The molecule has 0 spiro atoms. The van der Waals surface area contributed by atoms with Crippen molar-refractivity contribution in [1.29, 1.82) is 0 Å². The van der Waals surface area contributed by atoms with Gasteiger partial charge in [0.1, 0.15) is 5.78 Å². The highest BCUT2D eigenvalue weighted by Crippen LogP contribution is 2.54. The first-order valence-corrected chi connectivity index (χ1v) is 6.18. The molecular weight excluding hydrogens is 263 g/mol. The van der Waals surface area contributed by atoms with E-state index in [2.05, 4.69) is 22.6 Å². The fourth-order valence-corrected chi connectivity index (χ4v) is 4.80. The molecule has 2 heteroatoms. The van der Waals surface area contributed by atoms with Crippen LogP contribution < -0.4 is 0 Å². The molecule has 4 rings (SSSR count). The minimum atomic E-state index is 0.460. The molecule has 0 aromatic heterocycles. The summed E-state index contributed by atoms with van der Waals surface area (Å²) in [6.07, 6.45) is 5.10. The molecule has 12 heavy (non-hydrogen) atoms. The summed E-state index contributed by atoms with van der Waals surface area (Å²) >= 11 is 2.52. The molecular formula is C10H13IO. The summed E-state index contributed by atoms with van der Waals surface area (Å²) in [4.78, 5) is 11.8. The van der Waals surface area contributed by atoms with Gasteiger partial charge in [-0.3, -0.25) is 4.79 Å². The van der Waals surface area contributed by atoms with E-state index in [9.17, 15) is 4.79 Å². The number of ketones is 1. The highest BCUT2D eigenvalue weighted by atomic mass is 127. The second-order valence-electron chi connectivity index (χ2n) is 4.72. The van der Waals surface area contributed by atoms with Gasteiger partial charge in [0, 0.05) is 15.8 Å². The number of rotatable bonds is 0. The Kier molecular flexibility index (Phi) is 1.59. The maximum atomic E-state index is 11.8. The molecule has 4 bridgehead atoms. The molecule has 5 atom stereocenters. The van der Waals surface area contributed by atoms with Crippen LogP contribution in [-0.4, -0.2) is 9.71 Å². The van der Waals surface area contributed by atoms with Crippen molar-refractivity contribution in [3.63, 3.8) is 0 Å². The quantitative estimate of drug-likeness (QED) is 0.490. The van der Waals surface area contributed by atoms with Gasteiger partial charge < -0.3 is 0 Å². The minimum Gasteiger partial charge on any atom is -0.299 e. The molecule has 0 N–H and O–H groups in total. The van der Waals surface area contributed by atoms with Gasteiger partial charge in [-0.25, -0.2) is 0 Å². The third-order valence-corrected chi connectivity index (χ3v) is 5.92. The third-order valence-electron chi connectivity index (χ3n) is 4.03. The highest BCUT2D eigenvalue weighted by molar-refractivity contribution is 14.1. The van der Waals surface area contributed by atoms with Crippen molar-refractivity contribution < 1.29 is 4.79 Å². The van der Waals surface area contributed by atoms with Crippen LogP contribution in [0, 0.1) is 23.7 Å². The average Bonchev–Trinajstić information content (AvgIpc) is 2.07. The van der Waals surface area contributed by atoms with Crippen LogP contribution in [0.25, 0.3) is 0 Å². The lowest BCUT2D eigenvalue weighted by atomic mass is 9.56. The summed E-state index contributed by atoms with van der Waals surface area (Å²) in [7, 11) is 0. The molecule has 4 aliphatic carbocycles. The van der Waals surface area contributed by atoms with Gasteiger partial charge >= 0.3 is 0 Å². The first-order valence-electron chi connectivity index (χ1n) is 4.93. The summed E-state index contributed by atoms with van der Waals surface area (Å²) in [6, 6.07) is 0. The zero-order valence-corrected chi connectivity index (χ0v) is 9.16. The Bertz CT molecular complexity index is 238. The lowest BCUT2D eigenvalue weighted by Crippen LogP contribution is -2.51. The monoisotopic (exact) mass is 276 g/mol. The molecule has 1 nitrogen and oxygen atoms in total. The van der Waals surface area contributed by atoms with E-state index in [0.29, 0.717) is 21.5 Å². The Labute approximate surface area is 86.4 Å². The molecule has 4 fully saturated rings. The van der Waals surface area contributed by atoms with Gasteiger partial charge in [0.25, 0.3) is 0 Å². The summed E-state index contributed by atoms with van der Waals surface area (Å²) in [6.45, 7) is 0. The molecule has 4 aliphatic rings. The van der Waals surface area contributed by atoms with E-state index >= 15 is 0 Å². The molecule has 0 heterocycles. The lowest BCUT2D eigenvalue weighted by molar-refractivity contribution is -0.138. The highest BCUT2D eigenvalue weighted by Gasteiger charge is 2.52. The van der Waals surface area contributed by atoms with Crippen LogP contribution in [0.3, 0.4) is 0 Å². The van der Waals surface area contributed by atoms with Gasteiger partial charge in [-0.15, -0.1) is 0 Å². The standard InChI is InChI=1S/C10H13IO/c11-9-6-1-5-2-7(4-6)10(12)8(9)3-5/h5-9H,1-4H2/t5-,6-,7+,8-,9+/m1/s1. The summed E-state index contributed by atoms with van der Waals surface area (Å²) < 4.78 is 0.683. The van der Waals surface area contributed by atoms with Crippen LogP contribution in [0.5, 0.6) is 0 Å². The molecule has 0 aliphatic heterocycles. The van der Waals surface area contributed by atoms with Gasteiger partial charge in [-0.05, 0) is 37.5 Å². The normalized spacial score (nSPS) is 56.4. The maximum absolute atomic E-state index is 11.8. The summed E-state index contributed by atoms with van der Waals surface area (Å²) in [5.41, 5.74) is 0. The van der Waals surface area contributed by atoms with Crippen molar-refractivity contribution in [2.75, 3.05) is 0 Å². The van der Waals surface area contributed by atoms with E-state index in [-0.39, 0.29) is 0 Å². The van der Waals surface area contributed by atoms with Gasteiger partial charge in [0.05, 0.1) is 0 Å². The molecule has 66 valence electrons. The summed E-state index contributed by atoms with van der Waals surface area (Å²) in [5, 5.41) is 0. The van der Waals surface area contributed by atoms with E-state index in [1.54, 1.807) is 0 Å². The molecule has 0 aromatic carbocycles. The Morgan fingerprint density at radius 2 is 2.00 bits per heavy atom. The zero-order chi connectivity index (χ0) is 8.29. The number of alkyl halides is 1. The average molecular weight is 276 g/mol. The number of Topliss-reactive ketones (excluding diaryl/α,β-unsaturated/α-hetero) is 1. The number of carbonyl (C=O) groups excluding carboxylic acids is 1. The second-order valence-corrected chi connectivity index (χ2v) is 6.16. The Morgan fingerprint density at radius 3 is 2.83 bits per heavy atom. The van der Waals surface area contributed by atoms with Gasteiger partial charge in [-0.1, -0.05) is 22.6 Å². The SMILES string of the molecule is O=C1[C@H]2C[C@H]3C[C@H](C2)[C@H](I)[C@H]1C3. The first-order chi connectivity index (χ1) is 5.75. The van der Waals surface area contributed by atoms with E-state index in [0.717, 1.165) is 11.8 Å². The molecule has 4 saturated carbocycles. The van der Waals surface area contributed by atoms with Crippen molar-refractivity contribution >= 4 is 28.4 Å². The fraction of sp³-hybridized carbons (Fsp3) is 0.900. The lowest BCUT2D eigenvalue weighted by Gasteiger charge is -2.51. The Morgan fingerprint density at radius 1 is 1.17 bits per heavy atom. The smallest absolute Gasteiger partial charge is 0.140 e. The van der Waals surface area contributed by atoms with Crippen LogP contribution in [-0.2, 0) is 4.79 Å². The Balaban J connectivity index is 1.98. The second kappa shape index (κ2) is 2.46. The van der Waals surface area contributed by atoms with Crippen molar-refractivity contribution in [3.05, 3.63) is 0 Å². The molecule has 0 unspecified atom stereocenters. The fourth-order valence-electron chi connectivity index (χ4n) is 3.56. The first kappa shape index (κ1) is 7.77. The number of halogens is 1. The van der Waals surface area contributed by atoms with Crippen LogP contribution in [0.15, 0.2) is 0 Å². The van der Waals surface area contributed by atoms with Crippen LogP contribution in [0.2, 0.25) is 0 Å². The Hall–Kier alpha value is 0.400. The van der Waals surface area contributed by atoms with Crippen molar-refractivity contribution in [3.8, 4) is 0 Å². The van der Waals surface area contributed by atoms with Crippen molar-refractivity contribution in [2.24, 2.45) is 23.7 Å². The van der Waals surface area contributed by atoms with E-state index in [1.807, 2.05) is 0 Å². The van der Waals surface area contributed by atoms with E-state index in [1.165, 1.54) is 25.7 Å². The van der Waals surface area contributed by atoms with Crippen LogP contribution in [0.1, 0.15) is 25.7 Å². The van der Waals surface area contributed by atoms with Crippen molar-refractivity contribution in [1.82, 2.24) is 0 Å². The van der Waals surface area contributed by atoms with Gasteiger partial charge in [-0.2, -0.15) is 0 Å². The molecule has 0 aromatic rings. The maximum Gasteiger partial charge on any atom is 0.140 e. The number of hydrogen-bond donors (Lipinski definition) is 0. The third kappa shape index (κ3) is 0.875. The zero-order valence-electron chi connectivity index (χ0n) is 7.00. The predicted octanol–water partition coefficient (Wildman–Crippen LogP) is 2.43. The molecule has 0 radical (unpaired) electrons. The molecule has 0 amide bonds. The van der Waals surface area contributed by atoms with E-state index < -0.39 is 0 Å². The number of hydrogen-bond acceptors (Lipinski definition) is 1. The van der Waals surface area contributed by atoms with Gasteiger partial charge in [0.2, 0.25) is 0 Å². The van der Waals surface area contributed by atoms with Crippen LogP contribution >= 0.6 is 22.6 Å². The number of carbonyl (C=O) groups is 1. The molecule has 0 saturated heterocycles. The van der Waals surface area contributed by atoms with Crippen molar-refractivity contribution in [2.45, 2.75) is 29.6 Å².